The zero-order valence-electron chi connectivity index (χ0n) is 9.52. The van der Waals surface area contributed by atoms with Crippen molar-refractivity contribution in [3.8, 4) is 6.07 Å². The van der Waals surface area contributed by atoms with Crippen LogP contribution in [-0.4, -0.2) is 25.2 Å². The van der Waals surface area contributed by atoms with E-state index in [9.17, 15) is 4.79 Å². The Hall–Kier alpha value is -1.61. The molecule has 2 rings (SSSR count). The monoisotopic (exact) mass is 265 g/mol. The highest BCUT2D eigenvalue weighted by molar-refractivity contribution is 6.33. The van der Waals surface area contributed by atoms with Crippen molar-refractivity contribution in [3.05, 3.63) is 28.8 Å². The van der Waals surface area contributed by atoms with Gasteiger partial charge in [0, 0.05) is 6.04 Å². The van der Waals surface area contributed by atoms with Gasteiger partial charge in [-0.25, -0.2) is 0 Å². The third kappa shape index (κ3) is 2.62. The maximum Gasteiger partial charge on any atom is 0.231 e. The lowest BCUT2D eigenvalue weighted by atomic mass is 10.0. The van der Waals surface area contributed by atoms with Crippen molar-refractivity contribution in [1.82, 2.24) is 0 Å². The number of hydrogen-bond donors (Lipinski definition) is 2. The van der Waals surface area contributed by atoms with Gasteiger partial charge in [0.25, 0.3) is 0 Å². The van der Waals surface area contributed by atoms with Crippen molar-refractivity contribution in [2.45, 2.75) is 6.04 Å². The van der Waals surface area contributed by atoms with Crippen LogP contribution in [-0.2, 0) is 9.53 Å². The Balaban J connectivity index is 2.10. The van der Waals surface area contributed by atoms with Gasteiger partial charge in [0.1, 0.15) is 0 Å². The van der Waals surface area contributed by atoms with E-state index in [0.717, 1.165) is 0 Å². The summed E-state index contributed by atoms with van der Waals surface area (Å²) in [6, 6.07) is 6.37. The van der Waals surface area contributed by atoms with Crippen molar-refractivity contribution in [2.75, 3.05) is 18.5 Å². The smallest absolute Gasteiger partial charge is 0.231 e. The van der Waals surface area contributed by atoms with Crippen LogP contribution in [0.15, 0.2) is 18.2 Å². The molecule has 1 heterocycles. The number of halogens is 1. The highest BCUT2D eigenvalue weighted by Crippen LogP contribution is 2.24. The van der Waals surface area contributed by atoms with Crippen LogP contribution < -0.4 is 11.1 Å². The summed E-state index contributed by atoms with van der Waals surface area (Å²) in [6.07, 6.45) is 0. The third-order valence-corrected chi connectivity index (χ3v) is 3.13. The normalized spacial score (nSPS) is 22.5. The second kappa shape index (κ2) is 5.36. The second-order valence-corrected chi connectivity index (χ2v) is 4.51. The van der Waals surface area contributed by atoms with Crippen molar-refractivity contribution in [1.29, 1.82) is 5.26 Å². The summed E-state index contributed by atoms with van der Waals surface area (Å²) in [5.41, 5.74) is 6.67. The lowest BCUT2D eigenvalue weighted by molar-refractivity contribution is -0.120. The van der Waals surface area contributed by atoms with Gasteiger partial charge in [-0.1, -0.05) is 11.6 Å². The van der Waals surface area contributed by atoms with E-state index in [4.69, 9.17) is 27.3 Å². The molecular formula is C12H12ClN3O2. The summed E-state index contributed by atoms with van der Waals surface area (Å²) in [4.78, 5) is 11.9. The largest absolute Gasteiger partial charge is 0.379 e. The topological polar surface area (TPSA) is 88.1 Å². The SMILES string of the molecule is N#Cc1ccc(NC(=O)C2COCC2N)c(Cl)c1. The molecule has 5 nitrogen and oxygen atoms in total. The van der Waals surface area contributed by atoms with Crippen LogP contribution >= 0.6 is 11.6 Å². The second-order valence-electron chi connectivity index (χ2n) is 4.10. The molecule has 0 aromatic heterocycles. The van der Waals surface area contributed by atoms with Gasteiger partial charge in [0.05, 0.1) is 41.5 Å². The lowest BCUT2D eigenvalue weighted by Gasteiger charge is -2.14. The Bertz CT molecular complexity index is 513. The summed E-state index contributed by atoms with van der Waals surface area (Å²) >= 11 is 5.97. The first-order valence-electron chi connectivity index (χ1n) is 5.45. The average molecular weight is 266 g/mol. The minimum atomic E-state index is -0.364. The molecular weight excluding hydrogens is 254 g/mol. The highest BCUT2D eigenvalue weighted by Gasteiger charge is 2.31. The van der Waals surface area contributed by atoms with Gasteiger partial charge in [-0.15, -0.1) is 0 Å². The lowest BCUT2D eigenvalue weighted by Crippen LogP contribution is -2.37. The summed E-state index contributed by atoms with van der Waals surface area (Å²) in [7, 11) is 0. The molecule has 1 aromatic rings. The summed E-state index contributed by atoms with van der Waals surface area (Å²) < 4.78 is 5.13. The molecule has 1 aliphatic rings. The number of hydrogen-bond acceptors (Lipinski definition) is 4. The highest BCUT2D eigenvalue weighted by atomic mass is 35.5. The number of nitriles is 1. The van der Waals surface area contributed by atoms with E-state index in [2.05, 4.69) is 5.32 Å². The third-order valence-electron chi connectivity index (χ3n) is 2.82. The molecule has 6 heteroatoms. The maximum atomic E-state index is 11.9. The molecule has 1 fully saturated rings. The zero-order valence-corrected chi connectivity index (χ0v) is 10.3. The number of nitrogens with zero attached hydrogens (tertiary/aromatic N) is 1. The number of carbonyl (C=O) groups excluding carboxylic acids is 1. The molecule has 1 amide bonds. The fourth-order valence-electron chi connectivity index (χ4n) is 1.75. The molecule has 0 spiro atoms. The number of rotatable bonds is 2. The molecule has 0 saturated carbocycles. The number of benzene rings is 1. The van der Waals surface area contributed by atoms with E-state index in [1.165, 1.54) is 6.07 Å². The molecule has 2 atom stereocenters. The predicted octanol–water partition coefficient (Wildman–Crippen LogP) is 1.12. The van der Waals surface area contributed by atoms with E-state index >= 15 is 0 Å². The van der Waals surface area contributed by atoms with Crippen LogP contribution in [0.5, 0.6) is 0 Å². The quantitative estimate of drug-likeness (QED) is 0.839. The minimum Gasteiger partial charge on any atom is -0.379 e. The number of carbonyl (C=O) groups is 1. The van der Waals surface area contributed by atoms with Crippen LogP contribution in [0.2, 0.25) is 5.02 Å². The molecule has 1 aliphatic heterocycles. The Morgan fingerprint density at radius 2 is 2.33 bits per heavy atom. The van der Waals surface area contributed by atoms with E-state index in [1.807, 2.05) is 6.07 Å². The average Bonchev–Trinajstić information content (AvgIpc) is 2.78. The van der Waals surface area contributed by atoms with Gasteiger partial charge < -0.3 is 15.8 Å². The number of ether oxygens (including phenoxy) is 1. The zero-order chi connectivity index (χ0) is 13.1. The van der Waals surface area contributed by atoms with Gasteiger partial charge in [0.2, 0.25) is 5.91 Å². The van der Waals surface area contributed by atoms with E-state index in [-0.39, 0.29) is 17.9 Å². The van der Waals surface area contributed by atoms with Crippen molar-refractivity contribution >= 4 is 23.2 Å². The van der Waals surface area contributed by atoms with E-state index in [1.54, 1.807) is 12.1 Å². The van der Waals surface area contributed by atoms with E-state index < -0.39 is 0 Å². The molecule has 94 valence electrons. The number of nitrogens with one attached hydrogen (secondary N) is 1. The Kier molecular flexibility index (Phi) is 3.82. The van der Waals surface area contributed by atoms with Crippen LogP contribution in [0.25, 0.3) is 0 Å². The van der Waals surface area contributed by atoms with Crippen LogP contribution in [0, 0.1) is 17.2 Å². The molecule has 1 saturated heterocycles. The fourth-order valence-corrected chi connectivity index (χ4v) is 1.98. The Morgan fingerprint density at radius 3 is 2.89 bits per heavy atom. The number of nitrogens with two attached hydrogens (primary N) is 1. The number of amides is 1. The molecule has 0 bridgehead atoms. The standard InChI is InChI=1S/C12H12ClN3O2/c13-9-3-7(4-14)1-2-11(9)16-12(17)8-5-18-6-10(8)15/h1-3,8,10H,5-6,15H2,(H,16,17). The molecule has 0 aliphatic carbocycles. The van der Waals surface area contributed by atoms with Gasteiger partial charge in [-0.3, -0.25) is 4.79 Å². The van der Waals surface area contributed by atoms with Crippen molar-refractivity contribution in [2.24, 2.45) is 11.7 Å². The van der Waals surface area contributed by atoms with E-state index in [0.29, 0.717) is 29.5 Å². The first-order valence-corrected chi connectivity index (χ1v) is 5.83. The molecule has 1 aromatic carbocycles. The molecule has 3 N–H and O–H groups in total. The van der Waals surface area contributed by atoms with Gasteiger partial charge in [-0.05, 0) is 18.2 Å². The summed E-state index contributed by atoms with van der Waals surface area (Å²) in [6.45, 7) is 0.708. The van der Waals surface area contributed by atoms with Crippen LogP contribution in [0.3, 0.4) is 0 Å². The van der Waals surface area contributed by atoms with Gasteiger partial charge >= 0.3 is 0 Å². The minimum absolute atomic E-state index is 0.216. The van der Waals surface area contributed by atoms with Crippen LogP contribution in [0.1, 0.15) is 5.56 Å². The molecule has 18 heavy (non-hydrogen) atoms. The first kappa shape index (κ1) is 12.8. The Labute approximate surface area is 109 Å². The Morgan fingerprint density at radius 1 is 1.56 bits per heavy atom. The van der Waals surface area contributed by atoms with Gasteiger partial charge in [-0.2, -0.15) is 5.26 Å². The van der Waals surface area contributed by atoms with Crippen molar-refractivity contribution < 1.29 is 9.53 Å². The first-order chi connectivity index (χ1) is 8.61. The maximum absolute atomic E-state index is 11.9. The fraction of sp³-hybridized carbons (Fsp3) is 0.333. The summed E-state index contributed by atoms with van der Waals surface area (Å²) in [5.74, 6) is -0.580. The summed E-state index contributed by atoms with van der Waals surface area (Å²) in [5, 5.41) is 11.7. The van der Waals surface area contributed by atoms with Gasteiger partial charge in [0.15, 0.2) is 0 Å². The number of anilines is 1. The molecule has 2 unspecified atom stereocenters. The van der Waals surface area contributed by atoms with Crippen molar-refractivity contribution in [3.63, 3.8) is 0 Å². The molecule has 0 radical (unpaired) electrons. The predicted molar refractivity (Wildman–Crippen MR) is 67.1 cm³/mol. The van der Waals surface area contributed by atoms with Crippen LogP contribution in [0.4, 0.5) is 5.69 Å².